The third-order valence-electron chi connectivity index (χ3n) is 9.48. The van der Waals surface area contributed by atoms with E-state index in [1.165, 1.54) is 0 Å². The highest BCUT2D eigenvalue weighted by Gasteiger charge is 2.49. The summed E-state index contributed by atoms with van der Waals surface area (Å²) in [7, 11) is 0. The third kappa shape index (κ3) is 5.68. The second kappa shape index (κ2) is 12.1. The molecule has 4 unspecified atom stereocenters. The zero-order valence-corrected chi connectivity index (χ0v) is 26.5. The molecule has 256 valence electrons. The van der Waals surface area contributed by atoms with Gasteiger partial charge >= 0.3 is 12.2 Å². The molecule has 4 atom stereocenters. The van der Waals surface area contributed by atoms with Gasteiger partial charge in [-0.25, -0.2) is 13.2 Å². The maximum absolute atomic E-state index is 15.1. The van der Waals surface area contributed by atoms with E-state index in [0.29, 0.717) is 13.0 Å². The molecule has 0 bridgehead atoms. The van der Waals surface area contributed by atoms with Gasteiger partial charge in [-0.2, -0.15) is 28.4 Å². The molecule has 49 heavy (non-hydrogen) atoms. The van der Waals surface area contributed by atoms with Gasteiger partial charge in [0.2, 0.25) is 11.8 Å². The van der Waals surface area contributed by atoms with E-state index in [0.717, 1.165) is 53.0 Å². The molecular formula is C33H28F6N6O3S. The first kappa shape index (κ1) is 32.9. The fourth-order valence-electron chi connectivity index (χ4n) is 7.21. The molecule has 1 amide bonds. The summed E-state index contributed by atoms with van der Waals surface area (Å²) in [5.74, 6) is -1.73. The molecule has 0 radical (unpaired) electrons. The molecule has 3 aliphatic heterocycles. The predicted octanol–water partition coefficient (Wildman–Crippen LogP) is 6.19. The lowest BCUT2D eigenvalue weighted by Crippen LogP contribution is -2.43. The van der Waals surface area contributed by atoms with Crippen LogP contribution >= 0.6 is 11.3 Å². The number of carbonyl (C=O) groups is 1. The Morgan fingerprint density at radius 3 is 2.73 bits per heavy atom. The van der Waals surface area contributed by atoms with Crippen molar-refractivity contribution < 1.29 is 40.6 Å². The summed E-state index contributed by atoms with van der Waals surface area (Å²) < 4.78 is 101. The Bertz CT molecular complexity index is 2050. The van der Waals surface area contributed by atoms with E-state index >= 15 is 4.39 Å². The van der Waals surface area contributed by atoms with Gasteiger partial charge in [-0.1, -0.05) is 12.6 Å². The number of nitriles is 1. The highest BCUT2D eigenvalue weighted by Crippen LogP contribution is 2.47. The number of likely N-dealkylation sites (tertiary alicyclic amines) is 1. The molecular weight excluding hydrogens is 674 g/mol. The van der Waals surface area contributed by atoms with Crippen LogP contribution in [0.15, 0.2) is 36.9 Å². The van der Waals surface area contributed by atoms with Crippen LogP contribution in [0.3, 0.4) is 0 Å². The Hall–Kier alpha value is -4.62. The second-order valence-electron chi connectivity index (χ2n) is 12.5. The second-order valence-corrected chi connectivity index (χ2v) is 13.5. The van der Waals surface area contributed by atoms with Crippen LogP contribution in [0.5, 0.6) is 11.9 Å². The van der Waals surface area contributed by atoms with Gasteiger partial charge < -0.3 is 20.1 Å². The molecule has 9 nitrogen and oxygen atoms in total. The van der Waals surface area contributed by atoms with Gasteiger partial charge in [-0.3, -0.25) is 9.69 Å². The first-order valence-corrected chi connectivity index (χ1v) is 16.2. The van der Waals surface area contributed by atoms with Crippen LogP contribution in [0.4, 0.5) is 31.3 Å². The fourth-order valence-corrected chi connectivity index (χ4v) is 8.16. The van der Waals surface area contributed by atoms with Crippen molar-refractivity contribution in [3.8, 4) is 29.1 Å². The average Bonchev–Trinajstić information content (AvgIpc) is 3.79. The fraction of sp³-hybridized carbons (Fsp3) is 0.394. The van der Waals surface area contributed by atoms with Gasteiger partial charge in [0.05, 0.1) is 45.4 Å². The largest absolute Gasteiger partial charge is 0.469 e. The van der Waals surface area contributed by atoms with E-state index in [1.807, 2.05) is 11.0 Å². The number of rotatable bonds is 7. The molecule has 0 aliphatic carbocycles. The molecule has 0 saturated carbocycles. The summed E-state index contributed by atoms with van der Waals surface area (Å²) in [6.45, 7) is 3.78. The SMILES string of the molecule is C=CC(=O)N1CC(F)C(Oc2nc(OCC34CCCN3CC(F)C4)nc3cc(-c4ccc(F)c5sc(N)c(C#N)c45)c(C(F)(F)F)cc23)C1. The Labute approximate surface area is 279 Å². The van der Waals surface area contributed by atoms with E-state index in [2.05, 4.69) is 16.5 Å². The van der Waals surface area contributed by atoms with Gasteiger partial charge in [0, 0.05) is 18.4 Å². The molecule has 2 aromatic carbocycles. The molecule has 2 N–H and O–H groups in total. The molecule has 3 aliphatic rings. The normalized spacial score (nSPS) is 24.0. The first-order chi connectivity index (χ1) is 23.3. The highest BCUT2D eigenvalue weighted by atomic mass is 32.1. The van der Waals surface area contributed by atoms with Crippen molar-refractivity contribution in [2.45, 2.75) is 49.4 Å². The van der Waals surface area contributed by atoms with Crippen molar-refractivity contribution in [1.29, 1.82) is 5.26 Å². The lowest BCUT2D eigenvalue weighted by atomic mass is 9.93. The molecule has 0 spiro atoms. The van der Waals surface area contributed by atoms with E-state index < -0.39 is 58.9 Å². The minimum absolute atomic E-state index is 0.0130. The van der Waals surface area contributed by atoms with Gasteiger partial charge in [0.15, 0.2) is 12.3 Å². The summed E-state index contributed by atoms with van der Waals surface area (Å²) in [5.41, 5.74) is 3.35. The Morgan fingerprint density at radius 2 is 2.00 bits per heavy atom. The van der Waals surface area contributed by atoms with Gasteiger partial charge in [0.1, 0.15) is 29.7 Å². The van der Waals surface area contributed by atoms with E-state index in [4.69, 9.17) is 15.2 Å². The van der Waals surface area contributed by atoms with Crippen molar-refractivity contribution >= 4 is 43.2 Å². The summed E-state index contributed by atoms with van der Waals surface area (Å²) in [5, 5.41) is 9.40. The number of benzene rings is 2. The highest BCUT2D eigenvalue weighted by molar-refractivity contribution is 7.23. The minimum atomic E-state index is -4.98. The molecule has 7 rings (SSSR count). The maximum Gasteiger partial charge on any atom is 0.417 e. The van der Waals surface area contributed by atoms with Crippen LogP contribution in [-0.4, -0.2) is 82.4 Å². The van der Waals surface area contributed by atoms with Crippen LogP contribution < -0.4 is 15.2 Å². The van der Waals surface area contributed by atoms with Gasteiger partial charge in [-0.15, -0.1) is 11.3 Å². The Morgan fingerprint density at radius 1 is 1.20 bits per heavy atom. The van der Waals surface area contributed by atoms with Crippen LogP contribution in [0.2, 0.25) is 0 Å². The summed E-state index contributed by atoms with van der Waals surface area (Å²) in [4.78, 5) is 24.0. The lowest BCUT2D eigenvalue weighted by Gasteiger charge is -2.30. The minimum Gasteiger partial charge on any atom is -0.469 e. The van der Waals surface area contributed by atoms with Crippen LogP contribution in [-0.2, 0) is 11.0 Å². The molecule has 4 aromatic rings. The number of nitrogen functional groups attached to an aromatic ring is 1. The molecule has 16 heteroatoms. The molecule has 3 fully saturated rings. The number of alkyl halides is 5. The van der Waals surface area contributed by atoms with Crippen molar-refractivity contribution in [2.24, 2.45) is 0 Å². The lowest BCUT2D eigenvalue weighted by molar-refractivity contribution is -0.137. The number of anilines is 1. The van der Waals surface area contributed by atoms with Crippen LogP contribution in [0.1, 0.15) is 30.4 Å². The van der Waals surface area contributed by atoms with E-state index in [-0.39, 0.29) is 75.8 Å². The number of thiophene rings is 1. The number of nitrogens with zero attached hydrogens (tertiary/aromatic N) is 5. The number of fused-ring (bicyclic) bond motifs is 3. The monoisotopic (exact) mass is 702 g/mol. The number of hydrogen-bond donors (Lipinski definition) is 1. The summed E-state index contributed by atoms with van der Waals surface area (Å²) in [6.07, 6.45) is -6.29. The molecule has 2 aromatic heterocycles. The van der Waals surface area contributed by atoms with Crippen molar-refractivity contribution in [1.82, 2.24) is 19.8 Å². The van der Waals surface area contributed by atoms with E-state index in [9.17, 15) is 32.0 Å². The third-order valence-corrected chi connectivity index (χ3v) is 10.5. The number of carbonyl (C=O) groups excluding carboxylic acids is 1. The standard InChI is InChI=1S/C33H28F6N6O3S/c1-2-26(46)44-13-23(36)25(14-44)48-30-19-8-21(33(37,38)39)18(17-4-5-22(35)28-27(17)20(11-40)29(41)49-28)9-24(19)42-31(43-30)47-15-32-6-3-7-45(32)12-16(34)10-32/h2,4-5,8-9,16,23,25H,1,3,6-7,10,12-15,41H2. The zero-order valence-electron chi connectivity index (χ0n) is 25.7. The summed E-state index contributed by atoms with van der Waals surface area (Å²) >= 11 is 0.741. The number of hydrogen-bond acceptors (Lipinski definition) is 9. The van der Waals surface area contributed by atoms with Crippen LogP contribution in [0.25, 0.3) is 32.1 Å². The quantitative estimate of drug-likeness (QED) is 0.179. The average molecular weight is 703 g/mol. The van der Waals surface area contributed by atoms with E-state index in [1.54, 1.807) is 0 Å². The topological polar surface area (TPSA) is 118 Å². The number of amides is 1. The Kier molecular flexibility index (Phi) is 8.10. The number of aromatic nitrogens is 2. The summed E-state index contributed by atoms with van der Waals surface area (Å²) in [6, 6.07) is 5.54. The van der Waals surface area contributed by atoms with Crippen molar-refractivity contribution in [2.75, 3.05) is 38.5 Å². The van der Waals surface area contributed by atoms with Crippen molar-refractivity contribution in [3.63, 3.8) is 0 Å². The number of nitrogens with two attached hydrogens (primary N) is 1. The smallest absolute Gasteiger partial charge is 0.417 e. The molecule has 3 saturated heterocycles. The Balaban J connectivity index is 1.39. The van der Waals surface area contributed by atoms with Gasteiger partial charge in [-0.05, 0) is 54.8 Å². The van der Waals surface area contributed by atoms with Gasteiger partial charge in [0.25, 0.3) is 0 Å². The predicted molar refractivity (Wildman–Crippen MR) is 169 cm³/mol. The zero-order chi connectivity index (χ0) is 34.8. The first-order valence-electron chi connectivity index (χ1n) is 15.4. The van der Waals surface area contributed by atoms with Crippen molar-refractivity contribution in [3.05, 3.63) is 53.9 Å². The number of ether oxygens (including phenoxy) is 2. The number of halogens is 6. The maximum atomic E-state index is 15.1. The van der Waals surface area contributed by atoms with Crippen LogP contribution in [0, 0.1) is 17.1 Å². The molecule has 5 heterocycles.